The third-order valence-electron chi connectivity index (χ3n) is 3.54. The van der Waals surface area contributed by atoms with Gasteiger partial charge in [0.25, 0.3) is 0 Å². The molecule has 0 saturated carbocycles. The molecule has 20 heavy (non-hydrogen) atoms. The molecule has 0 radical (unpaired) electrons. The molecule has 1 heterocycles. The van der Waals surface area contributed by atoms with Gasteiger partial charge >= 0.3 is 12.1 Å². The summed E-state index contributed by atoms with van der Waals surface area (Å²) < 4.78 is 43.3. The number of nitrogens with one attached hydrogen (secondary N) is 1. The highest BCUT2D eigenvalue weighted by Crippen LogP contribution is 2.33. The fourth-order valence-electron chi connectivity index (χ4n) is 2.57. The van der Waals surface area contributed by atoms with E-state index < -0.39 is 17.8 Å². The standard InChI is InChI=1S/C14H16F3NO2/c1-20-13(19)12-7-9(8-18-12)6-10-4-2-3-5-11(10)14(15,16)17/h2-5,9,12,18H,6-8H2,1H3. The highest BCUT2D eigenvalue weighted by Gasteiger charge is 2.35. The maximum atomic E-state index is 12.9. The van der Waals surface area contributed by atoms with Gasteiger partial charge in [-0.3, -0.25) is 4.79 Å². The van der Waals surface area contributed by atoms with Gasteiger partial charge in [0.05, 0.1) is 12.7 Å². The van der Waals surface area contributed by atoms with Crippen molar-refractivity contribution in [1.29, 1.82) is 0 Å². The molecule has 1 aliphatic rings. The van der Waals surface area contributed by atoms with Crippen LogP contribution in [0.3, 0.4) is 0 Å². The zero-order chi connectivity index (χ0) is 14.8. The molecule has 0 aromatic heterocycles. The molecule has 6 heteroatoms. The summed E-state index contributed by atoms with van der Waals surface area (Å²) in [6, 6.07) is 5.16. The molecular weight excluding hydrogens is 271 g/mol. The van der Waals surface area contributed by atoms with Crippen LogP contribution >= 0.6 is 0 Å². The van der Waals surface area contributed by atoms with Crippen molar-refractivity contribution in [3.8, 4) is 0 Å². The lowest BCUT2D eigenvalue weighted by Gasteiger charge is -2.15. The monoisotopic (exact) mass is 287 g/mol. The Balaban J connectivity index is 2.07. The molecule has 1 fully saturated rings. The molecule has 0 amide bonds. The lowest BCUT2D eigenvalue weighted by atomic mass is 9.93. The summed E-state index contributed by atoms with van der Waals surface area (Å²) in [6.07, 6.45) is -3.54. The normalized spacial score (nSPS) is 22.8. The van der Waals surface area contributed by atoms with Gasteiger partial charge in [-0.1, -0.05) is 18.2 Å². The first-order valence-corrected chi connectivity index (χ1v) is 6.38. The number of carbonyl (C=O) groups excluding carboxylic acids is 1. The van der Waals surface area contributed by atoms with Gasteiger partial charge in [-0.25, -0.2) is 0 Å². The Bertz CT molecular complexity index is 488. The highest BCUT2D eigenvalue weighted by molar-refractivity contribution is 5.76. The van der Waals surface area contributed by atoms with Crippen LogP contribution in [-0.2, 0) is 22.1 Å². The number of ether oxygens (including phenoxy) is 1. The van der Waals surface area contributed by atoms with Gasteiger partial charge in [0.15, 0.2) is 0 Å². The first-order valence-electron chi connectivity index (χ1n) is 6.38. The van der Waals surface area contributed by atoms with Crippen LogP contribution in [-0.4, -0.2) is 25.7 Å². The van der Waals surface area contributed by atoms with E-state index in [2.05, 4.69) is 10.1 Å². The van der Waals surface area contributed by atoms with E-state index in [1.165, 1.54) is 19.2 Å². The number of methoxy groups -OCH3 is 1. The van der Waals surface area contributed by atoms with Crippen LogP contribution in [0.1, 0.15) is 17.5 Å². The Morgan fingerprint density at radius 1 is 1.40 bits per heavy atom. The summed E-state index contributed by atoms with van der Waals surface area (Å²) in [5.74, 6) is -0.362. The van der Waals surface area contributed by atoms with Gasteiger partial charge in [-0.15, -0.1) is 0 Å². The van der Waals surface area contributed by atoms with E-state index in [0.717, 1.165) is 6.07 Å². The molecule has 1 aromatic rings. The van der Waals surface area contributed by atoms with Crippen LogP contribution in [0.15, 0.2) is 24.3 Å². The van der Waals surface area contributed by atoms with Crippen LogP contribution in [0.2, 0.25) is 0 Å². The summed E-state index contributed by atoms with van der Waals surface area (Å²) in [5.41, 5.74) is -0.321. The molecule has 1 saturated heterocycles. The average molecular weight is 287 g/mol. The van der Waals surface area contributed by atoms with Gasteiger partial charge < -0.3 is 10.1 Å². The Morgan fingerprint density at radius 2 is 2.10 bits per heavy atom. The summed E-state index contributed by atoms with van der Waals surface area (Å²) in [6.45, 7) is 0.520. The number of carbonyl (C=O) groups is 1. The molecule has 2 atom stereocenters. The molecule has 110 valence electrons. The van der Waals surface area contributed by atoms with Gasteiger partial charge in [-0.2, -0.15) is 13.2 Å². The number of benzene rings is 1. The number of halogens is 3. The largest absolute Gasteiger partial charge is 0.468 e. The Kier molecular flexibility index (Phi) is 4.32. The van der Waals surface area contributed by atoms with Crippen LogP contribution in [0.25, 0.3) is 0 Å². The van der Waals surface area contributed by atoms with Crippen molar-refractivity contribution in [3.63, 3.8) is 0 Å². The van der Waals surface area contributed by atoms with Gasteiger partial charge in [-0.05, 0) is 36.9 Å². The Morgan fingerprint density at radius 3 is 2.75 bits per heavy atom. The predicted molar refractivity (Wildman–Crippen MR) is 67.1 cm³/mol. The summed E-state index contributed by atoms with van der Waals surface area (Å²) in [5, 5.41) is 2.98. The highest BCUT2D eigenvalue weighted by atomic mass is 19.4. The van der Waals surface area contributed by atoms with E-state index in [0.29, 0.717) is 19.4 Å². The number of hydrogen-bond acceptors (Lipinski definition) is 3. The van der Waals surface area contributed by atoms with Crippen molar-refractivity contribution in [3.05, 3.63) is 35.4 Å². The minimum atomic E-state index is -4.34. The number of esters is 1. The fraction of sp³-hybridized carbons (Fsp3) is 0.500. The number of hydrogen-bond donors (Lipinski definition) is 1. The molecular formula is C14H16F3NO2. The van der Waals surface area contributed by atoms with Gasteiger partial charge in [0, 0.05) is 0 Å². The van der Waals surface area contributed by atoms with E-state index in [-0.39, 0.29) is 17.5 Å². The van der Waals surface area contributed by atoms with E-state index in [1.807, 2.05) is 0 Å². The molecule has 0 spiro atoms. The van der Waals surface area contributed by atoms with E-state index >= 15 is 0 Å². The first kappa shape index (κ1) is 14.8. The second-order valence-corrected chi connectivity index (χ2v) is 4.94. The van der Waals surface area contributed by atoms with Crippen molar-refractivity contribution >= 4 is 5.97 Å². The molecule has 0 aliphatic carbocycles. The van der Waals surface area contributed by atoms with E-state index in [9.17, 15) is 18.0 Å². The lowest BCUT2D eigenvalue weighted by Crippen LogP contribution is -2.31. The van der Waals surface area contributed by atoms with Crippen molar-refractivity contribution in [2.75, 3.05) is 13.7 Å². The topological polar surface area (TPSA) is 38.3 Å². The maximum absolute atomic E-state index is 12.9. The van der Waals surface area contributed by atoms with Crippen molar-refractivity contribution in [2.45, 2.75) is 25.1 Å². The van der Waals surface area contributed by atoms with E-state index in [1.54, 1.807) is 6.07 Å². The maximum Gasteiger partial charge on any atom is 0.416 e. The summed E-state index contributed by atoms with van der Waals surface area (Å²) >= 11 is 0. The number of alkyl halides is 3. The van der Waals surface area contributed by atoms with Crippen LogP contribution in [0.4, 0.5) is 13.2 Å². The SMILES string of the molecule is COC(=O)C1CC(Cc2ccccc2C(F)(F)F)CN1. The molecule has 1 aliphatic heterocycles. The van der Waals surface area contributed by atoms with Crippen LogP contribution < -0.4 is 5.32 Å². The minimum Gasteiger partial charge on any atom is -0.468 e. The lowest BCUT2D eigenvalue weighted by molar-refractivity contribution is -0.143. The van der Waals surface area contributed by atoms with Gasteiger partial charge in [0.1, 0.15) is 6.04 Å². The van der Waals surface area contributed by atoms with Crippen molar-refractivity contribution < 1.29 is 22.7 Å². The third-order valence-corrected chi connectivity index (χ3v) is 3.54. The van der Waals surface area contributed by atoms with Gasteiger partial charge in [0.2, 0.25) is 0 Å². The predicted octanol–water partition coefficient (Wildman–Crippen LogP) is 2.40. The van der Waals surface area contributed by atoms with Crippen molar-refractivity contribution in [1.82, 2.24) is 5.32 Å². The van der Waals surface area contributed by atoms with Crippen LogP contribution in [0, 0.1) is 5.92 Å². The zero-order valence-electron chi connectivity index (χ0n) is 11.0. The smallest absolute Gasteiger partial charge is 0.416 e. The Labute approximate surface area is 115 Å². The van der Waals surface area contributed by atoms with Crippen LogP contribution in [0.5, 0.6) is 0 Å². The first-order chi connectivity index (χ1) is 9.41. The molecule has 3 nitrogen and oxygen atoms in total. The zero-order valence-corrected chi connectivity index (χ0v) is 11.0. The number of rotatable bonds is 3. The molecule has 0 bridgehead atoms. The summed E-state index contributed by atoms with van der Waals surface area (Å²) in [4.78, 5) is 11.4. The molecule has 2 rings (SSSR count). The quantitative estimate of drug-likeness (QED) is 0.868. The average Bonchev–Trinajstić information content (AvgIpc) is 2.86. The molecule has 2 unspecified atom stereocenters. The van der Waals surface area contributed by atoms with Crippen molar-refractivity contribution in [2.24, 2.45) is 5.92 Å². The van der Waals surface area contributed by atoms with E-state index in [4.69, 9.17) is 0 Å². The minimum absolute atomic E-state index is 0.00241. The fourth-order valence-corrected chi connectivity index (χ4v) is 2.57. The second kappa shape index (κ2) is 5.83. The Hall–Kier alpha value is -1.56. The molecule has 1 aromatic carbocycles. The summed E-state index contributed by atoms with van der Waals surface area (Å²) in [7, 11) is 1.30. The second-order valence-electron chi connectivity index (χ2n) is 4.94. The third kappa shape index (κ3) is 3.30. The molecule has 1 N–H and O–H groups in total.